The van der Waals surface area contributed by atoms with Crippen LogP contribution in [-0.4, -0.2) is 60.2 Å². The van der Waals surface area contributed by atoms with E-state index in [1.165, 1.54) is 23.1 Å². The predicted octanol–water partition coefficient (Wildman–Crippen LogP) is 0.120. The fourth-order valence-electron chi connectivity index (χ4n) is 1.57. The van der Waals surface area contributed by atoms with E-state index >= 15 is 0 Å². The van der Waals surface area contributed by atoms with Gasteiger partial charge >= 0.3 is 5.97 Å². The van der Waals surface area contributed by atoms with Crippen LogP contribution in [0.5, 0.6) is 0 Å². The minimum absolute atomic E-state index is 0.175. The summed E-state index contributed by atoms with van der Waals surface area (Å²) in [5.41, 5.74) is 0. The van der Waals surface area contributed by atoms with E-state index in [-0.39, 0.29) is 23.7 Å². The minimum Gasteiger partial charge on any atom is -0.465 e. The Bertz CT molecular complexity index is 490. The van der Waals surface area contributed by atoms with Gasteiger partial charge in [0.1, 0.15) is 6.04 Å². The maximum absolute atomic E-state index is 11.9. The number of morpholine rings is 1. The maximum Gasteiger partial charge on any atom is 0.316 e. The first-order valence-electron chi connectivity index (χ1n) is 6.43. The van der Waals surface area contributed by atoms with Crippen molar-refractivity contribution in [2.45, 2.75) is 17.3 Å². The van der Waals surface area contributed by atoms with Gasteiger partial charge in [-0.05, 0) is 6.92 Å². The highest BCUT2D eigenvalue weighted by molar-refractivity contribution is 8.01. The van der Waals surface area contributed by atoms with Crippen molar-refractivity contribution in [1.29, 1.82) is 0 Å². The molecule has 1 amide bonds. The Balaban J connectivity index is 1.79. The molecule has 2 N–H and O–H groups in total. The zero-order valence-electron chi connectivity index (χ0n) is 11.5. The first kappa shape index (κ1) is 16.1. The molecule has 1 atom stereocenters. The summed E-state index contributed by atoms with van der Waals surface area (Å²) in [5, 5.41) is 13.9. The summed E-state index contributed by atoms with van der Waals surface area (Å²) >= 11 is 2.45. The number of hydrogen-bond acceptors (Lipinski definition) is 9. The molecular weight excluding hydrogens is 316 g/mol. The molecule has 1 aromatic heterocycles. The van der Waals surface area contributed by atoms with Gasteiger partial charge in [0.25, 0.3) is 0 Å². The topological polar surface area (TPSA) is 102 Å². The first-order valence-corrected chi connectivity index (χ1v) is 8.23. The number of hydrogen-bond donors (Lipinski definition) is 2. The Morgan fingerprint density at radius 2 is 2.43 bits per heavy atom. The van der Waals surface area contributed by atoms with Gasteiger partial charge in [-0.3, -0.25) is 14.9 Å². The van der Waals surface area contributed by atoms with E-state index in [1.807, 2.05) is 0 Å². The number of anilines is 1. The zero-order valence-corrected chi connectivity index (χ0v) is 13.1. The number of esters is 1. The fourth-order valence-corrected chi connectivity index (χ4v) is 3.12. The molecule has 1 fully saturated rings. The highest BCUT2D eigenvalue weighted by Crippen LogP contribution is 2.25. The third-order valence-electron chi connectivity index (χ3n) is 2.49. The zero-order chi connectivity index (χ0) is 15.1. The molecule has 1 saturated heterocycles. The number of amides is 1. The number of nitrogens with zero attached hydrogens (tertiary/aromatic N) is 2. The van der Waals surface area contributed by atoms with Crippen molar-refractivity contribution in [3.05, 3.63) is 0 Å². The second-order valence-corrected chi connectivity index (χ2v) is 6.24. The van der Waals surface area contributed by atoms with E-state index in [9.17, 15) is 9.59 Å². The van der Waals surface area contributed by atoms with Gasteiger partial charge in [0, 0.05) is 6.54 Å². The Morgan fingerprint density at radius 3 is 3.14 bits per heavy atom. The SMILES string of the molecule is CCOC(=O)CSc1nnc(NC(=O)C2COCCN2)s1. The monoisotopic (exact) mass is 332 g/mol. The van der Waals surface area contributed by atoms with E-state index in [0.29, 0.717) is 35.8 Å². The molecule has 1 aliphatic heterocycles. The van der Waals surface area contributed by atoms with Crippen molar-refractivity contribution in [2.75, 3.05) is 37.4 Å². The number of carbonyl (C=O) groups is 2. The summed E-state index contributed by atoms with van der Waals surface area (Å²) < 4.78 is 10.6. The molecule has 0 saturated carbocycles. The summed E-state index contributed by atoms with van der Waals surface area (Å²) in [4.78, 5) is 23.2. The number of nitrogens with one attached hydrogen (secondary N) is 2. The van der Waals surface area contributed by atoms with Crippen LogP contribution in [0.3, 0.4) is 0 Å². The van der Waals surface area contributed by atoms with Gasteiger partial charge < -0.3 is 14.8 Å². The van der Waals surface area contributed by atoms with Crippen LogP contribution in [0.1, 0.15) is 6.92 Å². The smallest absolute Gasteiger partial charge is 0.316 e. The summed E-state index contributed by atoms with van der Waals surface area (Å²) in [6.07, 6.45) is 0. The third kappa shape index (κ3) is 5.23. The molecule has 10 heteroatoms. The van der Waals surface area contributed by atoms with E-state index < -0.39 is 0 Å². The van der Waals surface area contributed by atoms with Crippen molar-refractivity contribution in [1.82, 2.24) is 15.5 Å². The lowest BCUT2D eigenvalue weighted by Crippen LogP contribution is -2.48. The normalized spacial score (nSPS) is 18.2. The molecule has 21 heavy (non-hydrogen) atoms. The van der Waals surface area contributed by atoms with Gasteiger partial charge in [0.05, 0.1) is 25.6 Å². The second kappa shape index (κ2) is 8.27. The van der Waals surface area contributed by atoms with Crippen LogP contribution < -0.4 is 10.6 Å². The molecule has 1 aromatic rings. The molecule has 0 aliphatic carbocycles. The molecule has 1 aliphatic rings. The maximum atomic E-state index is 11.9. The molecule has 0 radical (unpaired) electrons. The van der Waals surface area contributed by atoms with Crippen molar-refractivity contribution in [3.63, 3.8) is 0 Å². The summed E-state index contributed by atoms with van der Waals surface area (Å²) in [6, 6.07) is -0.377. The molecule has 0 bridgehead atoms. The third-order valence-corrected chi connectivity index (χ3v) is 4.44. The lowest BCUT2D eigenvalue weighted by atomic mass is 10.2. The van der Waals surface area contributed by atoms with E-state index in [1.54, 1.807) is 6.92 Å². The van der Waals surface area contributed by atoms with Gasteiger partial charge in [-0.15, -0.1) is 10.2 Å². The van der Waals surface area contributed by atoms with E-state index in [0.717, 1.165) is 0 Å². The first-order chi connectivity index (χ1) is 10.2. The van der Waals surface area contributed by atoms with Crippen LogP contribution in [0.2, 0.25) is 0 Å². The highest BCUT2D eigenvalue weighted by Gasteiger charge is 2.22. The highest BCUT2D eigenvalue weighted by atomic mass is 32.2. The van der Waals surface area contributed by atoms with Crippen LogP contribution in [0.4, 0.5) is 5.13 Å². The molecule has 0 aromatic carbocycles. The van der Waals surface area contributed by atoms with Crippen LogP contribution in [0, 0.1) is 0 Å². The van der Waals surface area contributed by atoms with Gasteiger partial charge in [-0.25, -0.2) is 0 Å². The molecule has 2 rings (SSSR count). The molecule has 1 unspecified atom stereocenters. The van der Waals surface area contributed by atoms with Crippen molar-refractivity contribution < 1.29 is 19.1 Å². The van der Waals surface area contributed by atoms with Gasteiger partial charge in [0.2, 0.25) is 11.0 Å². The minimum atomic E-state index is -0.377. The van der Waals surface area contributed by atoms with Crippen molar-refractivity contribution in [2.24, 2.45) is 0 Å². The number of aromatic nitrogens is 2. The Labute approximate surface area is 130 Å². The lowest BCUT2D eigenvalue weighted by Gasteiger charge is -2.22. The Hall–Kier alpha value is -1.23. The van der Waals surface area contributed by atoms with Crippen LogP contribution in [-0.2, 0) is 19.1 Å². The van der Waals surface area contributed by atoms with Gasteiger partial charge in [0.15, 0.2) is 4.34 Å². The van der Waals surface area contributed by atoms with Crippen LogP contribution in [0.15, 0.2) is 4.34 Å². The fraction of sp³-hybridized carbons (Fsp3) is 0.636. The van der Waals surface area contributed by atoms with E-state index in [4.69, 9.17) is 9.47 Å². The Morgan fingerprint density at radius 1 is 1.57 bits per heavy atom. The predicted molar refractivity (Wildman–Crippen MR) is 78.5 cm³/mol. The number of ether oxygens (including phenoxy) is 2. The van der Waals surface area contributed by atoms with Gasteiger partial charge in [-0.2, -0.15) is 0 Å². The molecule has 8 nitrogen and oxygen atoms in total. The number of carbonyl (C=O) groups excluding carboxylic acids is 2. The average Bonchev–Trinajstić information content (AvgIpc) is 2.94. The molecule has 116 valence electrons. The quantitative estimate of drug-likeness (QED) is 0.430. The average molecular weight is 332 g/mol. The number of thioether (sulfide) groups is 1. The van der Waals surface area contributed by atoms with Crippen molar-refractivity contribution >= 4 is 40.1 Å². The van der Waals surface area contributed by atoms with Crippen LogP contribution in [0.25, 0.3) is 0 Å². The largest absolute Gasteiger partial charge is 0.465 e. The van der Waals surface area contributed by atoms with Crippen LogP contribution >= 0.6 is 23.1 Å². The second-order valence-electron chi connectivity index (χ2n) is 4.04. The number of rotatable bonds is 6. The molecular formula is C11H16N4O4S2. The van der Waals surface area contributed by atoms with E-state index in [2.05, 4.69) is 20.8 Å². The molecule has 0 spiro atoms. The van der Waals surface area contributed by atoms with Gasteiger partial charge in [-0.1, -0.05) is 23.1 Å². The van der Waals surface area contributed by atoms with Crippen molar-refractivity contribution in [3.8, 4) is 0 Å². The lowest BCUT2D eigenvalue weighted by molar-refractivity contribution is -0.139. The standard InChI is InChI=1S/C11H16N4O4S2/c1-2-19-8(16)6-20-11-15-14-10(21-11)13-9(17)7-5-18-4-3-12-7/h7,12H,2-6H2,1H3,(H,13,14,17). The summed E-state index contributed by atoms with van der Waals surface area (Å²) in [7, 11) is 0. The summed E-state index contributed by atoms with van der Waals surface area (Å²) in [5.74, 6) is -0.325. The molecule has 2 heterocycles. The Kier molecular flexibility index (Phi) is 6.36. The summed E-state index contributed by atoms with van der Waals surface area (Å²) in [6.45, 7) is 3.71.